The van der Waals surface area contributed by atoms with E-state index in [-0.39, 0.29) is 23.7 Å². The maximum atomic E-state index is 5.12. The van der Waals surface area contributed by atoms with Crippen molar-refractivity contribution in [2.24, 2.45) is 9.98 Å². The minimum absolute atomic E-state index is 0.287. The molecule has 0 amide bonds. The van der Waals surface area contributed by atoms with Crippen LogP contribution in [0, 0.1) is 6.92 Å². The van der Waals surface area contributed by atoms with Crippen molar-refractivity contribution in [2.45, 2.75) is 106 Å². The number of aromatic nitrogens is 2. The molecule has 5 aromatic rings. The summed E-state index contributed by atoms with van der Waals surface area (Å²) in [5.74, 6) is 1.49. The molecule has 0 aliphatic carbocycles. The van der Waals surface area contributed by atoms with Crippen LogP contribution in [0.5, 0.6) is 0 Å². The molecule has 2 aromatic heterocycles. The van der Waals surface area contributed by atoms with Gasteiger partial charge >= 0.3 is 0 Å². The minimum Gasteiger partial charge on any atom is -0.255 e. The van der Waals surface area contributed by atoms with Crippen molar-refractivity contribution < 1.29 is 0 Å². The van der Waals surface area contributed by atoms with Crippen LogP contribution in [0.3, 0.4) is 0 Å². The summed E-state index contributed by atoms with van der Waals surface area (Å²) < 4.78 is 0. The van der Waals surface area contributed by atoms with Crippen LogP contribution in [0.25, 0.3) is 22.3 Å². The Labute approximate surface area is 300 Å². The van der Waals surface area contributed by atoms with Crippen molar-refractivity contribution >= 4 is 23.8 Å². The van der Waals surface area contributed by atoms with Gasteiger partial charge in [0.2, 0.25) is 0 Å². The van der Waals surface area contributed by atoms with Gasteiger partial charge in [0, 0.05) is 12.4 Å². The van der Waals surface area contributed by atoms with Gasteiger partial charge in [0.25, 0.3) is 0 Å². The zero-order valence-electron chi connectivity index (χ0n) is 31.9. The minimum atomic E-state index is 0.287. The van der Waals surface area contributed by atoms with E-state index in [0.29, 0.717) is 5.92 Å². The number of pyridine rings is 2. The highest BCUT2D eigenvalue weighted by molar-refractivity contribution is 5.92. The van der Waals surface area contributed by atoms with E-state index in [4.69, 9.17) is 9.98 Å². The standard InChI is InChI=1S/C46H54N4/c1-28(2)38-19-18-33(11)43(34-22-39(29(3)4)45(40(23-34)30(5)6)49-26-36-16-12-14-20-47-36)44(38)35-24-41(31(7)8)46(42(25-35)32(9)10)50-27-37-17-13-15-21-48-37/h12-32H,1-11H3. The predicted molar refractivity (Wildman–Crippen MR) is 215 cm³/mol. The summed E-state index contributed by atoms with van der Waals surface area (Å²) >= 11 is 0. The van der Waals surface area contributed by atoms with E-state index in [0.717, 1.165) is 22.8 Å². The molecule has 5 rings (SSSR count). The molecule has 0 bridgehead atoms. The normalized spacial score (nSPS) is 12.2. The molecule has 0 spiro atoms. The Hall–Kier alpha value is -4.70. The Kier molecular flexibility index (Phi) is 11.6. The second kappa shape index (κ2) is 15.9. The fourth-order valence-corrected chi connectivity index (χ4v) is 6.76. The monoisotopic (exact) mass is 662 g/mol. The molecule has 2 heterocycles. The van der Waals surface area contributed by atoms with E-state index in [2.05, 4.69) is 123 Å². The van der Waals surface area contributed by atoms with Crippen molar-refractivity contribution in [1.29, 1.82) is 0 Å². The first-order valence-corrected chi connectivity index (χ1v) is 18.3. The van der Waals surface area contributed by atoms with Crippen molar-refractivity contribution in [2.75, 3.05) is 0 Å². The molecule has 0 fully saturated rings. The molecular formula is C46H54N4. The second-order valence-corrected chi connectivity index (χ2v) is 15.0. The third-order valence-corrected chi connectivity index (χ3v) is 9.50. The molecule has 0 radical (unpaired) electrons. The van der Waals surface area contributed by atoms with Gasteiger partial charge in [-0.15, -0.1) is 0 Å². The largest absolute Gasteiger partial charge is 0.255 e. The first-order valence-electron chi connectivity index (χ1n) is 18.3. The lowest BCUT2D eigenvalue weighted by Crippen LogP contribution is -2.03. The number of aryl methyl sites for hydroxylation is 1. The number of hydrogen-bond acceptors (Lipinski definition) is 4. The smallest absolute Gasteiger partial charge is 0.0812 e. The lowest BCUT2D eigenvalue weighted by molar-refractivity contribution is 0.833. The molecule has 0 unspecified atom stereocenters. The number of aliphatic imine (C=N–C) groups is 2. The Morgan fingerprint density at radius 1 is 0.460 bits per heavy atom. The molecule has 258 valence electrons. The molecule has 4 nitrogen and oxygen atoms in total. The van der Waals surface area contributed by atoms with Gasteiger partial charge in [0.1, 0.15) is 0 Å². The van der Waals surface area contributed by atoms with Crippen LogP contribution in [-0.4, -0.2) is 22.4 Å². The van der Waals surface area contributed by atoms with E-state index in [1.165, 1.54) is 55.6 Å². The van der Waals surface area contributed by atoms with E-state index in [1.807, 2.05) is 61.2 Å². The van der Waals surface area contributed by atoms with E-state index in [1.54, 1.807) is 0 Å². The summed E-state index contributed by atoms with van der Waals surface area (Å²) in [6, 6.07) is 26.2. The fourth-order valence-electron chi connectivity index (χ4n) is 6.76. The maximum Gasteiger partial charge on any atom is 0.0812 e. The van der Waals surface area contributed by atoms with Crippen LogP contribution < -0.4 is 0 Å². The van der Waals surface area contributed by atoms with Crippen LogP contribution in [0.4, 0.5) is 11.4 Å². The van der Waals surface area contributed by atoms with Gasteiger partial charge in [0.05, 0.1) is 35.2 Å². The molecule has 0 aliphatic heterocycles. The lowest BCUT2D eigenvalue weighted by Gasteiger charge is -2.26. The van der Waals surface area contributed by atoms with Gasteiger partial charge in [-0.25, -0.2) is 0 Å². The molecular weight excluding hydrogens is 609 g/mol. The third kappa shape index (κ3) is 8.02. The van der Waals surface area contributed by atoms with Crippen LogP contribution in [0.2, 0.25) is 0 Å². The summed E-state index contributed by atoms with van der Waals surface area (Å²) in [5, 5.41) is 0. The van der Waals surface area contributed by atoms with Crippen LogP contribution in [0.1, 0.15) is 144 Å². The summed E-state index contributed by atoms with van der Waals surface area (Å²) in [4.78, 5) is 19.2. The second-order valence-electron chi connectivity index (χ2n) is 15.0. The molecule has 3 aromatic carbocycles. The summed E-state index contributed by atoms with van der Waals surface area (Å²) in [6.45, 7) is 25.1. The number of nitrogens with zero attached hydrogens (tertiary/aromatic N) is 4. The van der Waals surface area contributed by atoms with Crippen molar-refractivity contribution in [3.63, 3.8) is 0 Å². The van der Waals surface area contributed by atoms with E-state index >= 15 is 0 Å². The third-order valence-electron chi connectivity index (χ3n) is 9.50. The topological polar surface area (TPSA) is 50.5 Å². The van der Waals surface area contributed by atoms with Crippen LogP contribution in [-0.2, 0) is 0 Å². The number of benzene rings is 3. The Morgan fingerprint density at radius 3 is 1.18 bits per heavy atom. The first kappa shape index (κ1) is 36.6. The van der Waals surface area contributed by atoms with Crippen molar-refractivity contribution in [3.8, 4) is 22.3 Å². The van der Waals surface area contributed by atoms with Crippen LogP contribution >= 0.6 is 0 Å². The molecule has 0 atom stereocenters. The van der Waals surface area contributed by atoms with E-state index < -0.39 is 0 Å². The highest BCUT2D eigenvalue weighted by Crippen LogP contribution is 2.47. The predicted octanol–water partition coefficient (Wildman–Crippen LogP) is 13.2. The zero-order chi connectivity index (χ0) is 36.1. The summed E-state index contributed by atoms with van der Waals surface area (Å²) in [5.41, 5.74) is 16.6. The number of rotatable bonds is 11. The van der Waals surface area contributed by atoms with Gasteiger partial charge in [-0.1, -0.05) is 93.5 Å². The summed E-state index contributed by atoms with van der Waals surface area (Å²) in [6.07, 6.45) is 7.45. The molecule has 4 heteroatoms. The number of hydrogen-bond donors (Lipinski definition) is 0. The van der Waals surface area contributed by atoms with Crippen molar-refractivity contribution in [1.82, 2.24) is 9.97 Å². The molecule has 0 aliphatic rings. The van der Waals surface area contributed by atoms with Gasteiger partial charge in [-0.2, -0.15) is 0 Å². The average molecular weight is 663 g/mol. The molecule has 50 heavy (non-hydrogen) atoms. The molecule has 0 saturated carbocycles. The Balaban J connectivity index is 1.80. The SMILES string of the molecule is Cc1ccc(C(C)C)c(-c2cc(C(C)C)c(N=Cc3ccccn3)c(C(C)C)c2)c1-c1cc(C(C)C)c(N=Cc2ccccn2)c(C(C)C)c1. The summed E-state index contributed by atoms with van der Waals surface area (Å²) in [7, 11) is 0. The lowest BCUT2D eigenvalue weighted by atomic mass is 9.79. The Morgan fingerprint density at radius 2 is 0.840 bits per heavy atom. The van der Waals surface area contributed by atoms with E-state index in [9.17, 15) is 0 Å². The van der Waals surface area contributed by atoms with Gasteiger partial charge < -0.3 is 0 Å². The highest BCUT2D eigenvalue weighted by Gasteiger charge is 2.24. The zero-order valence-corrected chi connectivity index (χ0v) is 31.9. The molecule has 0 N–H and O–H groups in total. The maximum absolute atomic E-state index is 5.12. The highest BCUT2D eigenvalue weighted by atomic mass is 14.8. The van der Waals surface area contributed by atoms with Gasteiger partial charge in [0.15, 0.2) is 0 Å². The van der Waals surface area contributed by atoms with Gasteiger partial charge in [-0.3, -0.25) is 20.0 Å². The first-order chi connectivity index (χ1) is 23.9. The fraction of sp³-hybridized carbons (Fsp3) is 0.348. The quantitative estimate of drug-likeness (QED) is 0.132. The molecule has 0 saturated heterocycles. The van der Waals surface area contributed by atoms with Crippen LogP contribution in [0.15, 0.2) is 95.2 Å². The van der Waals surface area contributed by atoms with Crippen molar-refractivity contribution in [3.05, 3.63) is 130 Å². The Bertz CT molecular complexity index is 1920. The average Bonchev–Trinajstić information content (AvgIpc) is 3.09. The van der Waals surface area contributed by atoms with Gasteiger partial charge in [-0.05, 0) is 141 Å².